The van der Waals surface area contributed by atoms with Crippen molar-refractivity contribution < 1.29 is 23.6 Å². The van der Waals surface area contributed by atoms with Gasteiger partial charge in [0.2, 0.25) is 5.91 Å². The van der Waals surface area contributed by atoms with Crippen molar-refractivity contribution in [2.75, 3.05) is 13.1 Å². The molecular weight excluding hydrogens is 507 g/mol. The van der Waals surface area contributed by atoms with Gasteiger partial charge < -0.3 is 14.5 Å². The van der Waals surface area contributed by atoms with Gasteiger partial charge in [-0.2, -0.15) is 5.10 Å². The number of hydrogen-bond acceptors (Lipinski definition) is 7. The molecule has 1 saturated heterocycles. The molecule has 4 heterocycles. The fourth-order valence-corrected chi connectivity index (χ4v) is 4.77. The van der Waals surface area contributed by atoms with Crippen molar-refractivity contribution in [1.29, 1.82) is 0 Å². The average molecular weight is 537 g/mol. The van der Waals surface area contributed by atoms with E-state index in [-0.39, 0.29) is 35.7 Å². The van der Waals surface area contributed by atoms with Crippen molar-refractivity contribution in [2.24, 2.45) is 5.92 Å². The van der Waals surface area contributed by atoms with E-state index >= 15 is 0 Å². The van der Waals surface area contributed by atoms with Gasteiger partial charge in [0.15, 0.2) is 0 Å². The number of pyridine rings is 1. The van der Waals surface area contributed by atoms with Crippen LogP contribution in [0, 0.1) is 21.8 Å². The summed E-state index contributed by atoms with van der Waals surface area (Å²) in [7, 11) is 0. The Bertz CT molecular complexity index is 1430. The van der Waals surface area contributed by atoms with Crippen LogP contribution in [0.4, 0.5) is 14.9 Å². The summed E-state index contributed by atoms with van der Waals surface area (Å²) in [5, 5.41) is 16.1. The minimum atomic E-state index is -0.556. The van der Waals surface area contributed by atoms with Gasteiger partial charge in [-0.15, -0.1) is 0 Å². The van der Waals surface area contributed by atoms with E-state index in [1.54, 1.807) is 16.0 Å². The Labute approximate surface area is 224 Å². The lowest BCUT2D eigenvalue weighted by Gasteiger charge is -2.39. The summed E-state index contributed by atoms with van der Waals surface area (Å²) in [4.78, 5) is 44.2. The Kier molecular flexibility index (Phi) is 6.79. The quantitative estimate of drug-likeness (QED) is 0.345. The molecule has 39 heavy (non-hydrogen) atoms. The third kappa shape index (κ3) is 5.74. The van der Waals surface area contributed by atoms with Crippen LogP contribution < -0.4 is 0 Å². The maximum Gasteiger partial charge on any atom is 0.410 e. The van der Waals surface area contributed by atoms with E-state index in [9.17, 15) is 24.1 Å². The molecule has 1 fully saturated rings. The lowest BCUT2D eigenvalue weighted by Crippen LogP contribution is -2.53. The predicted octanol–water partition coefficient (Wildman–Crippen LogP) is 3.94. The maximum atomic E-state index is 13.3. The summed E-state index contributed by atoms with van der Waals surface area (Å²) >= 11 is 0. The van der Waals surface area contributed by atoms with Gasteiger partial charge in [-0.1, -0.05) is 0 Å². The second-order valence-corrected chi connectivity index (χ2v) is 10.9. The van der Waals surface area contributed by atoms with E-state index in [0.717, 1.165) is 11.3 Å². The van der Waals surface area contributed by atoms with Gasteiger partial charge in [-0.05, 0) is 51.1 Å². The summed E-state index contributed by atoms with van der Waals surface area (Å²) < 4.78 is 20.6. The number of benzene rings is 1. The number of rotatable bonds is 6. The molecule has 3 aromatic rings. The van der Waals surface area contributed by atoms with Gasteiger partial charge >= 0.3 is 6.09 Å². The van der Waals surface area contributed by atoms with E-state index in [1.807, 2.05) is 25.5 Å². The molecule has 0 saturated carbocycles. The number of carbonyl (C=O) groups is 2. The number of nitrogens with zero attached hydrogens (tertiary/aromatic N) is 6. The smallest absolute Gasteiger partial charge is 0.410 e. The Balaban J connectivity index is 1.23. The highest BCUT2D eigenvalue weighted by Crippen LogP contribution is 2.28. The normalized spacial score (nSPS) is 15.2. The van der Waals surface area contributed by atoms with Crippen molar-refractivity contribution in [3.05, 3.63) is 75.5 Å². The minimum Gasteiger partial charge on any atom is -0.444 e. The Hall–Kier alpha value is -4.35. The first kappa shape index (κ1) is 26.3. The summed E-state index contributed by atoms with van der Waals surface area (Å²) in [5.41, 5.74) is 2.13. The highest BCUT2D eigenvalue weighted by Gasteiger charge is 2.36. The highest BCUT2D eigenvalue weighted by atomic mass is 19.1. The van der Waals surface area contributed by atoms with Crippen LogP contribution in [0.2, 0.25) is 0 Å². The molecule has 2 aromatic heterocycles. The Morgan fingerprint density at radius 2 is 1.82 bits per heavy atom. The number of amides is 2. The molecule has 2 aliphatic rings. The van der Waals surface area contributed by atoms with E-state index in [4.69, 9.17) is 4.74 Å². The summed E-state index contributed by atoms with van der Waals surface area (Å²) in [6.07, 6.45) is 1.17. The number of fused-ring (bicyclic) bond motifs is 1. The molecule has 12 heteroatoms. The largest absolute Gasteiger partial charge is 0.444 e. The third-order valence-electron chi connectivity index (χ3n) is 6.74. The molecular formula is C27H29FN6O5. The number of aromatic nitrogens is 3. The number of ether oxygens (including phenoxy) is 1. The van der Waals surface area contributed by atoms with Crippen LogP contribution in [0.1, 0.15) is 37.7 Å². The van der Waals surface area contributed by atoms with Gasteiger partial charge in [0.05, 0.1) is 35.5 Å². The Morgan fingerprint density at radius 3 is 2.49 bits per heavy atom. The van der Waals surface area contributed by atoms with Gasteiger partial charge in [0.1, 0.15) is 17.1 Å². The first-order valence-electron chi connectivity index (χ1n) is 12.7. The molecule has 0 N–H and O–H groups in total. The standard InChI is InChI=1S/C27H29FN6O5/c1-27(2,3)39-26(36)32-12-17(13-32)14-33-24-16-31(15-19(24)11-29-33)25(35)10-22-23(34(37)38)9-8-21(30-22)18-4-6-20(28)7-5-18/h4-9,11,17H,10,12-16H2,1-3H3. The molecule has 0 spiro atoms. The van der Waals surface area contributed by atoms with Gasteiger partial charge in [-0.3, -0.25) is 19.6 Å². The van der Waals surface area contributed by atoms with Gasteiger partial charge in [-0.25, -0.2) is 14.2 Å². The lowest BCUT2D eigenvalue weighted by molar-refractivity contribution is -0.385. The fraction of sp³-hybridized carbons (Fsp3) is 0.407. The van der Waals surface area contributed by atoms with Crippen LogP contribution in [0.15, 0.2) is 42.6 Å². The molecule has 0 unspecified atom stereocenters. The van der Waals surface area contributed by atoms with Crippen molar-refractivity contribution in [3.8, 4) is 11.3 Å². The van der Waals surface area contributed by atoms with Crippen molar-refractivity contribution in [1.82, 2.24) is 24.6 Å². The number of nitro groups is 1. The van der Waals surface area contributed by atoms with Gasteiger partial charge in [0, 0.05) is 49.3 Å². The molecule has 11 nitrogen and oxygen atoms in total. The summed E-state index contributed by atoms with van der Waals surface area (Å²) in [5.74, 6) is -0.461. The number of halogens is 1. The van der Waals surface area contributed by atoms with Crippen LogP contribution in [-0.2, 0) is 35.6 Å². The second kappa shape index (κ2) is 10.1. The lowest BCUT2D eigenvalue weighted by atomic mass is 10.0. The summed E-state index contributed by atoms with van der Waals surface area (Å²) in [6.45, 7) is 7.95. The fourth-order valence-electron chi connectivity index (χ4n) is 4.77. The molecule has 0 bridgehead atoms. The molecule has 1 aromatic carbocycles. The van der Waals surface area contributed by atoms with Crippen LogP contribution >= 0.6 is 0 Å². The van der Waals surface area contributed by atoms with Crippen molar-refractivity contribution in [3.63, 3.8) is 0 Å². The molecule has 5 rings (SSSR count). The van der Waals surface area contributed by atoms with Crippen molar-refractivity contribution in [2.45, 2.75) is 52.4 Å². The van der Waals surface area contributed by atoms with Gasteiger partial charge in [0.25, 0.3) is 5.69 Å². The maximum absolute atomic E-state index is 13.3. The van der Waals surface area contributed by atoms with E-state index < -0.39 is 16.3 Å². The van der Waals surface area contributed by atoms with Crippen LogP contribution in [-0.4, -0.2) is 60.2 Å². The SMILES string of the molecule is CC(C)(C)OC(=O)N1CC(Cn2ncc3c2CN(C(=O)Cc2nc(-c4ccc(F)cc4)ccc2[N+](=O)[O-])C3)C1. The Morgan fingerprint density at radius 1 is 1.10 bits per heavy atom. The zero-order valence-corrected chi connectivity index (χ0v) is 22.0. The molecule has 0 atom stereocenters. The van der Waals surface area contributed by atoms with E-state index in [0.29, 0.717) is 44.0 Å². The molecule has 2 amide bonds. The highest BCUT2D eigenvalue weighted by molar-refractivity contribution is 5.80. The third-order valence-corrected chi connectivity index (χ3v) is 6.74. The molecule has 0 radical (unpaired) electrons. The molecule has 204 valence electrons. The predicted molar refractivity (Wildman–Crippen MR) is 138 cm³/mol. The minimum absolute atomic E-state index is 0.0566. The number of carbonyl (C=O) groups excluding carboxylic acids is 2. The topological polar surface area (TPSA) is 124 Å². The van der Waals surface area contributed by atoms with E-state index in [2.05, 4.69) is 10.1 Å². The molecule has 2 aliphatic heterocycles. The van der Waals surface area contributed by atoms with Crippen molar-refractivity contribution >= 4 is 17.7 Å². The zero-order chi connectivity index (χ0) is 27.9. The van der Waals surface area contributed by atoms with Crippen LogP contribution in [0.3, 0.4) is 0 Å². The number of hydrogen-bond donors (Lipinski definition) is 0. The van der Waals surface area contributed by atoms with Crippen LogP contribution in [0.5, 0.6) is 0 Å². The zero-order valence-electron chi connectivity index (χ0n) is 22.0. The second-order valence-electron chi connectivity index (χ2n) is 10.9. The molecule has 0 aliphatic carbocycles. The van der Waals surface area contributed by atoms with E-state index in [1.165, 1.54) is 36.4 Å². The summed E-state index contributed by atoms with van der Waals surface area (Å²) in [6, 6.07) is 8.45. The van der Waals surface area contributed by atoms with Crippen LogP contribution in [0.25, 0.3) is 11.3 Å². The average Bonchev–Trinajstić information content (AvgIpc) is 3.42. The first-order valence-corrected chi connectivity index (χ1v) is 12.7. The monoisotopic (exact) mass is 536 g/mol. The first-order chi connectivity index (χ1) is 18.5. The number of likely N-dealkylation sites (tertiary alicyclic amines) is 1.